The quantitative estimate of drug-likeness (QED) is 0.536. The van der Waals surface area contributed by atoms with Crippen LogP contribution >= 0.6 is 0 Å². The van der Waals surface area contributed by atoms with Crippen molar-refractivity contribution in [1.82, 2.24) is 0 Å². The van der Waals surface area contributed by atoms with E-state index >= 15 is 0 Å². The summed E-state index contributed by atoms with van der Waals surface area (Å²) < 4.78 is 0. The fraction of sp³-hybridized carbons (Fsp3) is 0.474. The summed E-state index contributed by atoms with van der Waals surface area (Å²) in [5.74, 6) is 0. The fourth-order valence-corrected chi connectivity index (χ4v) is 2.39. The van der Waals surface area contributed by atoms with Crippen LogP contribution in [-0.2, 0) is 10.8 Å². The average molecular weight is 256 g/mol. The predicted molar refractivity (Wildman–Crippen MR) is 88.1 cm³/mol. The Bertz CT molecular complexity index is 563. The van der Waals surface area contributed by atoms with Gasteiger partial charge in [0.15, 0.2) is 0 Å². The van der Waals surface area contributed by atoms with Gasteiger partial charge < -0.3 is 0 Å². The van der Waals surface area contributed by atoms with Gasteiger partial charge in [-0.3, -0.25) is 0 Å². The van der Waals surface area contributed by atoms with Crippen molar-refractivity contribution in [2.45, 2.75) is 59.8 Å². The molecule has 104 valence electrons. The molecule has 0 bridgehead atoms. The molecule has 0 nitrogen and oxygen atoms in total. The third-order valence-electron chi connectivity index (χ3n) is 3.56. The molecule has 0 aliphatic carbocycles. The molecule has 2 aromatic rings. The van der Waals surface area contributed by atoms with E-state index in [4.69, 9.17) is 0 Å². The van der Waals surface area contributed by atoms with E-state index in [1.165, 1.54) is 21.9 Å². The van der Waals surface area contributed by atoms with Crippen LogP contribution in [0.4, 0.5) is 0 Å². The Morgan fingerprint density at radius 3 is 1.89 bits per heavy atom. The van der Waals surface area contributed by atoms with Crippen LogP contribution in [0.25, 0.3) is 10.8 Å². The van der Waals surface area contributed by atoms with Crippen molar-refractivity contribution >= 4 is 10.8 Å². The first-order valence-corrected chi connectivity index (χ1v) is 6.73. The summed E-state index contributed by atoms with van der Waals surface area (Å²) in [6, 6.07) is 13.5. The van der Waals surface area contributed by atoms with Gasteiger partial charge in [-0.15, -0.1) is 0 Å². The van der Waals surface area contributed by atoms with Crippen molar-refractivity contribution < 1.29 is 0 Å². The molecule has 0 spiro atoms. The Kier molecular flexibility index (Phi) is 4.14. The van der Waals surface area contributed by atoms with Gasteiger partial charge in [-0.1, -0.05) is 85.4 Å². The Balaban J connectivity index is 0.00000180. The molecule has 0 saturated carbocycles. The van der Waals surface area contributed by atoms with Gasteiger partial charge in [0.2, 0.25) is 0 Å². The van der Waals surface area contributed by atoms with E-state index in [-0.39, 0.29) is 18.3 Å². The predicted octanol–water partition coefficient (Wildman–Crippen LogP) is 6.07. The van der Waals surface area contributed by atoms with Gasteiger partial charge >= 0.3 is 0 Å². The van der Waals surface area contributed by atoms with Crippen LogP contribution in [0, 0.1) is 0 Å². The molecule has 2 rings (SSSR count). The Morgan fingerprint density at radius 2 is 1.37 bits per heavy atom. The van der Waals surface area contributed by atoms with E-state index in [0.29, 0.717) is 0 Å². The van der Waals surface area contributed by atoms with Gasteiger partial charge in [-0.25, -0.2) is 0 Å². The molecule has 0 heteroatoms. The van der Waals surface area contributed by atoms with Gasteiger partial charge in [0.25, 0.3) is 0 Å². The molecular weight excluding hydrogens is 228 g/mol. The topological polar surface area (TPSA) is 0 Å². The van der Waals surface area contributed by atoms with Crippen molar-refractivity contribution in [2.24, 2.45) is 0 Å². The maximum atomic E-state index is 2.37. The molecule has 0 radical (unpaired) electrons. The first-order valence-electron chi connectivity index (χ1n) is 6.73. The highest BCUT2D eigenvalue weighted by Gasteiger charge is 2.19. The minimum absolute atomic E-state index is 0. The van der Waals surface area contributed by atoms with Crippen LogP contribution in [0.15, 0.2) is 36.4 Å². The van der Waals surface area contributed by atoms with E-state index < -0.39 is 0 Å². The van der Waals surface area contributed by atoms with Crippen molar-refractivity contribution in [3.05, 3.63) is 47.5 Å². The van der Waals surface area contributed by atoms with Crippen molar-refractivity contribution in [2.75, 3.05) is 0 Å². The average Bonchev–Trinajstić information content (AvgIpc) is 2.25. The van der Waals surface area contributed by atoms with Crippen LogP contribution in [-0.4, -0.2) is 0 Å². The first kappa shape index (κ1) is 15.8. The number of fused-ring (bicyclic) bond motifs is 1. The molecule has 2 aromatic carbocycles. The molecular formula is C19H28. The number of hydrogen-bond donors (Lipinski definition) is 0. The van der Waals surface area contributed by atoms with E-state index in [9.17, 15) is 0 Å². The zero-order chi connectivity index (χ0) is 13.6. The van der Waals surface area contributed by atoms with Gasteiger partial charge in [-0.2, -0.15) is 0 Å². The maximum Gasteiger partial charge on any atom is -0.0126 e. The lowest BCUT2D eigenvalue weighted by Gasteiger charge is -2.24. The van der Waals surface area contributed by atoms with Crippen LogP contribution in [0.5, 0.6) is 0 Å². The second-order valence-electron chi connectivity index (χ2n) is 7.24. The Morgan fingerprint density at radius 1 is 0.737 bits per heavy atom. The molecule has 0 amide bonds. The van der Waals surface area contributed by atoms with E-state index in [1.807, 2.05) is 0 Å². The number of hydrogen-bond acceptors (Lipinski definition) is 0. The van der Waals surface area contributed by atoms with Crippen LogP contribution < -0.4 is 0 Å². The lowest BCUT2D eigenvalue weighted by atomic mass is 9.80. The molecule has 0 unspecified atom stereocenters. The molecule has 19 heavy (non-hydrogen) atoms. The number of benzene rings is 2. The molecule has 0 atom stereocenters. The molecule has 0 heterocycles. The van der Waals surface area contributed by atoms with Gasteiger partial charge in [-0.05, 0) is 32.7 Å². The van der Waals surface area contributed by atoms with Crippen LogP contribution in [0.3, 0.4) is 0 Å². The third kappa shape index (κ3) is 3.18. The van der Waals surface area contributed by atoms with Crippen molar-refractivity contribution in [3.63, 3.8) is 0 Å². The number of rotatable bonds is 0. The minimum atomic E-state index is 0. The SMILES string of the molecule is C.CC(C)(C)c1ccc2cccc(C(C)(C)C)c2c1. The molecule has 0 aliphatic heterocycles. The molecule has 0 N–H and O–H groups in total. The normalized spacial score (nSPS) is 12.3. The molecule has 0 aliphatic rings. The summed E-state index contributed by atoms with van der Waals surface area (Å²) in [7, 11) is 0. The second kappa shape index (κ2) is 5.00. The summed E-state index contributed by atoms with van der Waals surface area (Å²) in [5.41, 5.74) is 3.24. The van der Waals surface area contributed by atoms with Gasteiger partial charge in [0.05, 0.1) is 0 Å². The highest BCUT2D eigenvalue weighted by atomic mass is 14.2. The zero-order valence-electron chi connectivity index (χ0n) is 12.5. The highest BCUT2D eigenvalue weighted by molar-refractivity contribution is 5.87. The largest absolute Gasteiger partial charge is 0.0776 e. The smallest absolute Gasteiger partial charge is 0.0126 e. The molecule has 0 saturated heterocycles. The summed E-state index contributed by atoms with van der Waals surface area (Å²) in [5, 5.41) is 2.74. The summed E-state index contributed by atoms with van der Waals surface area (Å²) in [6.45, 7) is 13.7. The minimum Gasteiger partial charge on any atom is -0.0776 e. The van der Waals surface area contributed by atoms with E-state index in [2.05, 4.69) is 77.9 Å². The lowest BCUT2D eigenvalue weighted by Crippen LogP contribution is -2.13. The molecule has 0 fully saturated rings. The fourth-order valence-electron chi connectivity index (χ4n) is 2.39. The van der Waals surface area contributed by atoms with Crippen molar-refractivity contribution in [3.8, 4) is 0 Å². The summed E-state index contributed by atoms with van der Waals surface area (Å²) >= 11 is 0. The van der Waals surface area contributed by atoms with Gasteiger partial charge in [0, 0.05) is 0 Å². The highest BCUT2D eigenvalue weighted by Crippen LogP contribution is 2.33. The van der Waals surface area contributed by atoms with E-state index in [1.54, 1.807) is 0 Å². The third-order valence-corrected chi connectivity index (χ3v) is 3.56. The van der Waals surface area contributed by atoms with Crippen LogP contribution in [0.2, 0.25) is 0 Å². The summed E-state index contributed by atoms with van der Waals surface area (Å²) in [4.78, 5) is 0. The van der Waals surface area contributed by atoms with E-state index in [0.717, 1.165) is 0 Å². The maximum absolute atomic E-state index is 2.37. The monoisotopic (exact) mass is 256 g/mol. The van der Waals surface area contributed by atoms with Crippen molar-refractivity contribution in [1.29, 1.82) is 0 Å². The Labute approximate surface area is 118 Å². The zero-order valence-corrected chi connectivity index (χ0v) is 12.5. The Hall–Kier alpha value is -1.30. The standard InChI is InChI=1S/C18H24.CH4/c1-17(2,3)14-11-10-13-8-7-9-16(15(13)12-14)18(4,5)6;/h7-12H,1-6H3;1H4. The van der Waals surface area contributed by atoms with Gasteiger partial charge in [0.1, 0.15) is 0 Å². The van der Waals surface area contributed by atoms with Crippen LogP contribution in [0.1, 0.15) is 60.1 Å². The summed E-state index contributed by atoms with van der Waals surface area (Å²) in [6.07, 6.45) is 0. The second-order valence-corrected chi connectivity index (χ2v) is 7.24. The lowest BCUT2D eigenvalue weighted by molar-refractivity contribution is 0.587. The molecule has 0 aromatic heterocycles. The first-order chi connectivity index (χ1) is 8.19.